The molecule has 0 spiro atoms. The first-order valence-corrected chi connectivity index (χ1v) is 22.6. The van der Waals surface area contributed by atoms with Gasteiger partial charge in [0.25, 0.3) is 0 Å². The van der Waals surface area contributed by atoms with Crippen molar-refractivity contribution in [2.75, 3.05) is 47.5 Å². The Morgan fingerprint density at radius 2 is 1.07 bits per heavy atom. The fraction of sp³-hybridized carbons (Fsp3) is 0.727. The standard InChI is InChI=1S/C44H78NO8P/c1-6-8-10-12-14-16-18-20-22-24-26-28-30-32-34-36-43(46)50-40-42(41-52-54(48,49)51-39-38-45(3,4)5)53-44(47)37-35-33-31-29-27-25-23-21-19-17-15-13-11-9-7-2/h9,11,13,15,17,19,21,23,26,28,42H,6-8,10,12,14,16,18,20,22,24-25,27,29-41H2,1-5H3/p+1/b11-9+,15-13+,19-17+,23-21+,28-26+/t42-/m1/s1. The molecular formula is C44H79NO8P+. The van der Waals surface area contributed by atoms with Gasteiger partial charge >= 0.3 is 19.8 Å². The summed E-state index contributed by atoms with van der Waals surface area (Å²) in [7, 11) is 1.44. The monoisotopic (exact) mass is 781 g/mol. The molecule has 0 aliphatic heterocycles. The predicted molar refractivity (Wildman–Crippen MR) is 224 cm³/mol. The summed E-state index contributed by atoms with van der Waals surface area (Å²) in [5.41, 5.74) is 0. The highest BCUT2D eigenvalue weighted by Gasteiger charge is 2.27. The van der Waals surface area contributed by atoms with Crippen LogP contribution in [0.5, 0.6) is 0 Å². The number of quaternary nitrogens is 1. The molecule has 2 atom stereocenters. The Balaban J connectivity index is 4.47. The minimum Gasteiger partial charge on any atom is -0.462 e. The number of esters is 2. The second kappa shape index (κ2) is 36.4. The zero-order valence-corrected chi connectivity index (χ0v) is 35.8. The van der Waals surface area contributed by atoms with Crippen molar-refractivity contribution in [1.82, 2.24) is 0 Å². The summed E-state index contributed by atoms with van der Waals surface area (Å²) < 4.78 is 34.2. The van der Waals surface area contributed by atoms with Crippen molar-refractivity contribution in [1.29, 1.82) is 0 Å². The van der Waals surface area contributed by atoms with Crippen LogP contribution in [-0.4, -0.2) is 74.9 Å². The van der Waals surface area contributed by atoms with E-state index in [0.717, 1.165) is 57.8 Å². The van der Waals surface area contributed by atoms with E-state index in [1.165, 1.54) is 57.8 Å². The van der Waals surface area contributed by atoms with Crippen molar-refractivity contribution in [3.63, 3.8) is 0 Å². The van der Waals surface area contributed by atoms with Gasteiger partial charge in [-0.1, -0.05) is 145 Å². The van der Waals surface area contributed by atoms with Gasteiger partial charge in [-0.15, -0.1) is 0 Å². The number of likely N-dealkylation sites (N-methyl/N-ethyl adjacent to an activating group) is 1. The normalized spacial score (nSPS) is 14.3. The van der Waals surface area contributed by atoms with Crippen molar-refractivity contribution in [3.8, 4) is 0 Å². The van der Waals surface area contributed by atoms with E-state index in [1.807, 2.05) is 51.5 Å². The number of allylic oxidation sites excluding steroid dienone is 10. The molecule has 0 aliphatic carbocycles. The molecule has 0 aliphatic rings. The van der Waals surface area contributed by atoms with E-state index in [1.54, 1.807) is 0 Å². The zero-order chi connectivity index (χ0) is 40.0. The highest BCUT2D eigenvalue weighted by atomic mass is 31.2. The largest absolute Gasteiger partial charge is 0.472 e. The number of carbonyl (C=O) groups is 2. The van der Waals surface area contributed by atoms with Crippen LogP contribution < -0.4 is 0 Å². The molecule has 0 bridgehead atoms. The molecule has 0 fully saturated rings. The highest BCUT2D eigenvalue weighted by Crippen LogP contribution is 2.43. The molecule has 0 heterocycles. The van der Waals surface area contributed by atoms with Gasteiger partial charge in [-0.05, 0) is 57.8 Å². The lowest BCUT2D eigenvalue weighted by atomic mass is 10.1. The fourth-order valence-electron chi connectivity index (χ4n) is 5.31. The van der Waals surface area contributed by atoms with Crippen LogP contribution in [0.1, 0.15) is 155 Å². The van der Waals surface area contributed by atoms with E-state index in [0.29, 0.717) is 23.9 Å². The Morgan fingerprint density at radius 3 is 1.67 bits per heavy atom. The summed E-state index contributed by atoms with van der Waals surface area (Å²) in [6.45, 7) is 4.21. The van der Waals surface area contributed by atoms with Crippen LogP contribution in [-0.2, 0) is 32.7 Å². The number of hydrogen-bond donors (Lipinski definition) is 1. The van der Waals surface area contributed by atoms with Gasteiger partial charge in [0.15, 0.2) is 6.10 Å². The number of unbranched alkanes of at least 4 members (excludes halogenated alkanes) is 16. The van der Waals surface area contributed by atoms with Crippen LogP contribution >= 0.6 is 7.82 Å². The van der Waals surface area contributed by atoms with E-state index in [2.05, 4.69) is 44.2 Å². The highest BCUT2D eigenvalue weighted by molar-refractivity contribution is 7.47. The Bertz CT molecular complexity index is 1110. The van der Waals surface area contributed by atoms with Gasteiger partial charge < -0.3 is 18.9 Å². The lowest BCUT2D eigenvalue weighted by Gasteiger charge is -2.24. The van der Waals surface area contributed by atoms with Crippen LogP contribution in [0.15, 0.2) is 60.8 Å². The molecule has 0 rings (SSSR count). The summed E-state index contributed by atoms with van der Waals surface area (Å²) in [4.78, 5) is 35.3. The van der Waals surface area contributed by atoms with E-state index in [9.17, 15) is 19.0 Å². The number of carbonyl (C=O) groups excluding carboxylic acids is 2. The molecule has 0 radical (unpaired) electrons. The second-order valence-electron chi connectivity index (χ2n) is 15.1. The number of nitrogens with zero attached hydrogens (tertiary/aromatic N) is 1. The summed E-state index contributed by atoms with van der Waals surface area (Å²) in [5, 5.41) is 0. The van der Waals surface area contributed by atoms with E-state index in [-0.39, 0.29) is 26.1 Å². The number of phosphoric ester groups is 1. The molecule has 0 saturated heterocycles. The van der Waals surface area contributed by atoms with Crippen LogP contribution in [0.3, 0.4) is 0 Å². The maximum atomic E-state index is 12.7. The van der Waals surface area contributed by atoms with Gasteiger partial charge in [0.2, 0.25) is 0 Å². The molecule has 0 amide bonds. The van der Waals surface area contributed by atoms with Crippen LogP contribution in [0.2, 0.25) is 0 Å². The molecule has 1 unspecified atom stereocenters. The summed E-state index contributed by atoms with van der Waals surface area (Å²) in [6, 6.07) is 0. The Labute approximate surface area is 330 Å². The Morgan fingerprint density at radius 1 is 0.593 bits per heavy atom. The van der Waals surface area contributed by atoms with Gasteiger partial charge in [0.1, 0.15) is 19.8 Å². The topological polar surface area (TPSA) is 108 Å². The second-order valence-corrected chi connectivity index (χ2v) is 16.5. The fourth-order valence-corrected chi connectivity index (χ4v) is 6.05. The van der Waals surface area contributed by atoms with Crippen LogP contribution in [0.25, 0.3) is 0 Å². The average Bonchev–Trinajstić information content (AvgIpc) is 3.12. The first-order chi connectivity index (χ1) is 26.0. The number of hydrogen-bond acceptors (Lipinski definition) is 7. The first-order valence-electron chi connectivity index (χ1n) is 21.1. The predicted octanol–water partition coefficient (Wildman–Crippen LogP) is 11.7. The van der Waals surface area contributed by atoms with Crippen LogP contribution in [0, 0.1) is 0 Å². The van der Waals surface area contributed by atoms with Crippen molar-refractivity contribution >= 4 is 19.8 Å². The molecule has 0 saturated carbocycles. The molecule has 0 aromatic rings. The summed E-state index contributed by atoms with van der Waals surface area (Å²) in [6.07, 6.45) is 42.7. The molecule has 312 valence electrons. The lowest BCUT2D eigenvalue weighted by molar-refractivity contribution is -0.870. The number of rotatable bonds is 37. The first kappa shape index (κ1) is 51.7. The van der Waals surface area contributed by atoms with Gasteiger partial charge in [-0.2, -0.15) is 0 Å². The van der Waals surface area contributed by atoms with Crippen molar-refractivity contribution in [3.05, 3.63) is 60.8 Å². The third kappa shape index (κ3) is 39.4. The SMILES string of the molecule is CC/C=C/C=C/C=C/C=C/CCCCCCCC(=O)O[C@H](COC(=O)CCCC/C=C/CCCCCCCCCCC)COP(=O)(O)OCC[N+](C)(C)C. The molecule has 10 heteroatoms. The Hall–Kier alpha value is -2.29. The van der Waals surface area contributed by atoms with E-state index < -0.39 is 32.5 Å². The van der Waals surface area contributed by atoms with Crippen molar-refractivity contribution < 1.29 is 42.1 Å². The van der Waals surface area contributed by atoms with Gasteiger partial charge in [0, 0.05) is 12.8 Å². The molecular weight excluding hydrogens is 701 g/mol. The molecule has 1 N–H and O–H groups in total. The van der Waals surface area contributed by atoms with E-state index >= 15 is 0 Å². The number of phosphoric acid groups is 1. The molecule has 0 aromatic heterocycles. The summed E-state index contributed by atoms with van der Waals surface area (Å²) >= 11 is 0. The van der Waals surface area contributed by atoms with Gasteiger partial charge in [-0.3, -0.25) is 18.6 Å². The van der Waals surface area contributed by atoms with Gasteiger partial charge in [-0.25, -0.2) is 4.57 Å². The number of ether oxygens (including phenoxy) is 2. The zero-order valence-electron chi connectivity index (χ0n) is 34.9. The average molecular weight is 781 g/mol. The smallest absolute Gasteiger partial charge is 0.462 e. The minimum atomic E-state index is -4.39. The lowest BCUT2D eigenvalue weighted by Crippen LogP contribution is -2.37. The van der Waals surface area contributed by atoms with Gasteiger partial charge in [0.05, 0.1) is 27.7 Å². The third-order valence-corrected chi connectivity index (χ3v) is 9.61. The van der Waals surface area contributed by atoms with Crippen molar-refractivity contribution in [2.45, 2.75) is 161 Å². The van der Waals surface area contributed by atoms with E-state index in [4.69, 9.17) is 18.5 Å². The maximum absolute atomic E-state index is 12.7. The molecule has 0 aromatic carbocycles. The third-order valence-electron chi connectivity index (χ3n) is 8.63. The maximum Gasteiger partial charge on any atom is 0.472 e. The minimum absolute atomic E-state index is 0.0211. The van der Waals surface area contributed by atoms with Crippen LogP contribution in [0.4, 0.5) is 0 Å². The Kier molecular flexibility index (Phi) is 34.8. The molecule has 54 heavy (non-hydrogen) atoms. The van der Waals surface area contributed by atoms with Crippen molar-refractivity contribution in [2.24, 2.45) is 0 Å². The quantitative estimate of drug-likeness (QED) is 0.0166. The molecule has 9 nitrogen and oxygen atoms in total. The summed E-state index contributed by atoms with van der Waals surface area (Å²) in [5.74, 6) is -0.856.